The molecule has 0 saturated carbocycles. The first-order valence-electron chi connectivity index (χ1n) is 6.12. The van der Waals surface area contributed by atoms with Crippen molar-refractivity contribution in [3.8, 4) is 17.0 Å². The van der Waals surface area contributed by atoms with E-state index in [1.807, 2.05) is 30.5 Å². The summed E-state index contributed by atoms with van der Waals surface area (Å²) < 4.78 is 5.39. The van der Waals surface area contributed by atoms with Gasteiger partial charge >= 0.3 is 0 Å². The van der Waals surface area contributed by atoms with Crippen molar-refractivity contribution in [2.75, 3.05) is 7.11 Å². The van der Waals surface area contributed by atoms with Crippen LogP contribution in [0.15, 0.2) is 42.6 Å². The van der Waals surface area contributed by atoms with Gasteiger partial charge in [-0.15, -0.1) is 0 Å². The predicted octanol–water partition coefficient (Wildman–Crippen LogP) is 4.05. The molecule has 0 unspecified atom stereocenters. The lowest BCUT2D eigenvalue weighted by molar-refractivity contribution is 0.416. The van der Waals surface area contributed by atoms with E-state index in [1.165, 1.54) is 5.56 Å². The third-order valence-electron chi connectivity index (χ3n) is 3.01. The number of hydrogen-bond donors (Lipinski definition) is 0. The van der Waals surface area contributed by atoms with E-state index in [-0.39, 0.29) is 5.41 Å². The van der Waals surface area contributed by atoms with Gasteiger partial charge in [-0.3, -0.25) is 4.98 Å². The number of hydrogen-bond acceptors (Lipinski definition) is 2. The molecule has 1 aromatic carbocycles. The van der Waals surface area contributed by atoms with Crippen LogP contribution in [0.3, 0.4) is 0 Å². The first kappa shape index (κ1) is 12.6. The first-order valence-corrected chi connectivity index (χ1v) is 6.12. The van der Waals surface area contributed by atoms with Gasteiger partial charge in [-0.2, -0.15) is 0 Å². The maximum absolute atomic E-state index is 5.39. The molecule has 2 nitrogen and oxygen atoms in total. The van der Waals surface area contributed by atoms with Crippen molar-refractivity contribution in [3.63, 3.8) is 0 Å². The highest BCUT2D eigenvalue weighted by Crippen LogP contribution is 2.31. The summed E-state index contributed by atoms with van der Waals surface area (Å²) in [5.41, 5.74) is 3.39. The fraction of sp³-hybridized carbons (Fsp3) is 0.312. The fourth-order valence-corrected chi connectivity index (χ4v) is 1.90. The molecule has 0 spiro atoms. The molecule has 1 aromatic heterocycles. The summed E-state index contributed by atoms with van der Waals surface area (Å²) >= 11 is 0. The van der Waals surface area contributed by atoms with Crippen LogP contribution in [0.4, 0.5) is 0 Å². The molecule has 0 aliphatic rings. The SMILES string of the molecule is COc1ccccc1-c1cc(C(C)(C)C)ccn1. The number of rotatable bonds is 2. The van der Waals surface area contributed by atoms with Gasteiger partial charge in [0.25, 0.3) is 0 Å². The van der Waals surface area contributed by atoms with Crippen molar-refractivity contribution in [3.05, 3.63) is 48.2 Å². The Morgan fingerprint density at radius 3 is 2.44 bits per heavy atom. The van der Waals surface area contributed by atoms with Crippen molar-refractivity contribution in [2.24, 2.45) is 0 Å². The summed E-state index contributed by atoms with van der Waals surface area (Å²) in [6.45, 7) is 6.61. The summed E-state index contributed by atoms with van der Waals surface area (Å²) in [6, 6.07) is 12.2. The van der Waals surface area contributed by atoms with Crippen LogP contribution in [0, 0.1) is 0 Å². The Labute approximate surface area is 109 Å². The third kappa shape index (κ3) is 2.53. The van der Waals surface area contributed by atoms with Crippen LogP contribution in [-0.4, -0.2) is 12.1 Å². The zero-order valence-corrected chi connectivity index (χ0v) is 11.4. The van der Waals surface area contributed by atoms with Crippen molar-refractivity contribution in [1.29, 1.82) is 0 Å². The Bertz CT molecular complexity index is 541. The van der Waals surface area contributed by atoms with Crippen LogP contribution >= 0.6 is 0 Å². The monoisotopic (exact) mass is 241 g/mol. The normalized spacial score (nSPS) is 11.3. The average molecular weight is 241 g/mol. The molecule has 0 radical (unpaired) electrons. The van der Waals surface area contributed by atoms with E-state index >= 15 is 0 Å². The van der Waals surface area contributed by atoms with Gasteiger partial charge in [-0.1, -0.05) is 32.9 Å². The van der Waals surface area contributed by atoms with E-state index in [9.17, 15) is 0 Å². The zero-order valence-electron chi connectivity index (χ0n) is 11.4. The molecule has 0 atom stereocenters. The number of nitrogens with zero attached hydrogens (tertiary/aromatic N) is 1. The molecule has 0 saturated heterocycles. The number of para-hydroxylation sites is 1. The Kier molecular flexibility index (Phi) is 3.37. The highest BCUT2D eigenvalue weighted by atomic mass is 16.5. The smallest absolute Gasteiger partial charge is 0.128 e. The van der Waals surface area contributed by atoms with Crippen LogP contribution in [0.5, 0.6) is 5.75 Å². The molecule has 1 heterocycles. The van der Waals surface area contributed by atoms with Gasteiger partial charge in [-0.25, -0.2) is 0 Å². The average Bonchev–Trinajstić information content (AvgIpc) is 2.38. The molecule has 2 rings (SSSR count). The van der Waals surface area contributed by atoms with Gasteiger partial charge in [0.05, 0.1) is 12.8 Å². The largest absolute Gasteiger partial charge is 0.496 e. The van der Waals surface area contributed by atoms with Gasteiger partial charge < -0.3 is 4.74 Å². The second-order valence-electron chi connectivity index (χ2n) is 5.38. The zero-order chi connectivity index (χ0) is 13.2. The molecule has 0 fully saturated rings. The third-order valence-corrected chi connectivity index (χ3v) is 3.01. The molecule has 2 aromatic rings. The summed E-state index contributed by atoms with van der Waals surface area (Å²) in [6.07, 6.45) is 1.86. The summed E-state index contributed by atoms with van der Waals surface area (Å²) in [5.74, 6) is 0.857. The molecule has 0 bridgehead atoms. The van der Waals surface area contributed by atoms with E-state index < -0.39 is 0 Å². The summed E-state index contributed by atoms with van der Waals surface area (Å²) in [4.78, 5) is 4.45. The minimum atomic E-state index is 0.125. The van der Waals surface area contributed by atoms with Crippen LogP contribution < -0.4 is 4.74 Å². The summed E-state index contributed by atoms with van der Waals surface area (Å²) in [5, 5.41) is 0. The number of pyridine rings is 1. The van der Waals surface area contributed by atoms with Crippen LogP contribution in [-0.2, 0) is 5.41 Å². The van der Waals surface area contributed by atoms with Crippen molar-refractivity contribution in [1.82, 2.24) is 4.98 Å². The molecule has 0 aliphatic heterocycles. The van der Waals surface area contributed by atoms with Crippen molar-refractivity contribution < 1.29 is 4.74 Å². The topological polar surface area (TPSA) is 22.1 Å². The van der Waals surface area contributed by atoms with Crippen molar-refractivity contribution >= 4 is 0 Å². The van der Waals surface area contributed by atoms with E-state index in [4.69, 9.17) is 4.74 Å². The molecule has 0 aliphatic carbocycles. The van der Waals surface area contributed by atoms with Gasteiger partial charge in [0.1, 0.15) is 5.75 Å². The lowest BCUT2D eigenvalue weighted by atomic mass is 9.87. The molecular formula is C16H19NO. The van der Waals surface area contributed by atoms with Crippen molar-refractivity contribution in [2.45, 2.75) is 26.2 Å². The van der Waals surface area contributed by atoms with E-state index in [1.54, 1.807) is 7.11 Å². The maximum Gasteiger partial charge on any atom is 0.128 e. The summed E-state index contributed by atoms with van der Waals surface area (Å²) in [7, 11) is 1.69. The molecule has 94 valence electrons. The first-order chi connectivity index (χ1) is 8.52. The van der Waals surface area contributed by atoms with Gasteiger partial charge in [0.2, 0.25) is 0 Å². The van der Waals surface area contributed by atoms with Gasteiger partial charge in [0, 0.05) is 11.8 Å². The number of ether oxygens (including phenoxy) is 1. The number of methoxy groups -OCH3 is 1. The molecule has 0 amide bonds. The molecule has 18 heavy (non-hydrogen) atoms. The lowest BCUT2D eigenvalue weighted by Gasteiger charge is -2.19. The van der Waals surface area contributed by atoms with E-state index in [0.717, 1.165) is 17.0 Å². The Morgan fingerprint density at radius 2 is 1.78 bits per heavy atom. The van der Waals surface area contributed by atoms with E-state index in [0.29, 0.717) is 0 Å². The lowest BCUT2D eigenvalue weighted by Crippen LogP contribution is -2.11. The van der Waals surface area contributed by atoms with E-state index in [2.05, 4.69) is 37.9 Å². The second kappa shape index (κ2) is 4.81. The Balaban J connectivity index is 2.51. The molecule has 0 N–H and O–H groups in total. The minimum Gasteiger partial charge on any atom is -0.496 e. The minimum absolute atomic E-state index is 0.125. The molecular weight excluding hydrogens is 222 g/mol. The highest BCUT2D eigenvalue weighted by molar-refractivity contribution is 5.67. The second-order valence-corrected chi connectivity index (χ2v) is 5.38. The molecule has 2 heteroatoms. The Hall–Kier alpha value is -1.83. The number of aromatic nitrogens is 1. The number of benzene rings is 1. The van der Waals surface area contributed by atoms with Gasteiger partial charge in [-0.05, 0) is 35.2 Å². The van der Waals surface area contributed by atoms with Crippen LogP contribution in [0.2, 0.25) is 0 Å². The standard InChI is InChI=1S/C16H19NO/c1-16(2,3)12-9-10-17-14(11-12)13-7-5-6-8-15(13)18-4/h5-11H,1-4H3. The van der Waals surface area contributed by atoms with Crippen LogP contribution in [0.1, 0.15) is 26.3 Å². The maximum atomic E-state index is 5.39. The highest BCUT2D eigenvalue weighted by Gasteiger charge is 2.15. The fourth-order valence-electron chi connectivity index (χ4n) is 1.90. The quantitative estimate of drug-likeness (QED) is 0.791. The van der Waals surface area contributed by atoms with Crippen LogP contribution in [0.25, 0.3) is 11.3 Å². The predicted molar refractivity (Wildman–Crippen MR) is 74.9 cm³/mol. The Morgan fingerprint density at radius 1 is 1.06 bits per heavy atom. The van der Waals surface area contributed by atoms with Gasteiger partial charge in [0.15, 0.2) is 0 Å².